The fraction of sp³-hybridized carbons (Fsp3) is 0.667. The average molecular weight is 241 g/mol. The summed E-state index contributed by atoms with van der Waals surface area (Å²) in [5, 5.41) is 0.755. The van der Waals surface area contributed by atoms with Gasteiger partial charge in [0.25, 0.3) is 0 Å². The maximum atomic E-state index is 6.03. The lowest BCUT2D eigenvalue weighted by molar-refractivity contribution is 0.127. The summed E-state index contributed by atoms with van der Waals surface area (Å²) in [6, 6.07) is 4.00. The first-order chi connectivity index (χ1) is 7.68. The van der Waals surface area contributed by atoms with Crippen molar-refractivity contribution < 1.29 is 9.15 Å². The molecule has 0 aliphatic carbocycles. The van der Waals surface area contributed by atoms with Gasteiger partial charge in [-0.15, -0.1) is 11.8 Å². The summed E-state index contributed by atoms with van der Waals surface area (Å²) in [4.78, 5) is 0. The van der Waals surface area contributed by atoms with Crippen molar-refractivity contribution in [1.29, 1.82) is 0 Å². The van der Waals surface area contributed by atoms with Gasteiger partial charge in [0.2, 0.25) is 0 Å². The normalized spacial score (nSPS) is 29.2. The molecule has 1 aromatic heterocycles. The van der Waals surface area contributed by atoms with E-state index >= 15 is 0 Å². The van der Waals surface area contributed by atoms with Gasteiger partial charge in [-0.2, -0.15) is 0 Å². The van der Waals surface area contributed by atoms with Gasteiger partial charge in [-0.3, -0.25) is 0 Å². The molecule has 90 valence electrons. The molecule has 16 heavy (non-hydrogen) atoms. The van der Waals surface area contributed by atoms with E-state index in [0.29, 0.717) is 11.4 Å². The number of ether oxygens (including phenoxy) is 1. The molecule has 1 saturated heterocycles. The second kappa shape index (κ2) is 5.25. The Hall–Kier alpha value is -0.450. The molecule has 2 rings (SSSR count). The molecule has 0 radical (unpaired) electrons. The second-order valence-electron chi connectivity index (χ2n) is 4.33. The highest BCUT2D eigenvalue weighted by Crippen LogP contribution is 2.39. The monoisotopic (exact) mass is 241 g/mol. The fourth-order valence-electron chi connectivity index (χ4n) is 1.98. The van der Waals surface area contributed by atoms with Gasteiger partial charge in [-0.05, 0) is 32.4 Å². The minimum Gasteiger partial charge on any atom is -0.468 e. The van der Waals surface area contributed by atoms with Crippen molar-refractivity contribution in [2.45, 2.75) is 42.9 Å². The smallest absolute Gasteiger partial charge is 0.118 e. The number of hydrogen-bond donors (Lipinski definition) is 1. The van der Waals surface area contributed by atoms with E-state index in [-0.39, 0.29) is 11.3 Å². The largest absolute Gasteiger partial charge is 0.468 e. The highest BCUT2D eigenvalue weighted by Gasteiger charge is 2.30. The minimum absolute atomic E-state index is 0.0870. The molecule has 2 heterocycles. The molecule has 4 unspecified atom stereocenters. The average Bonchev–Trinajstić information content (AvgIpc) is 2.85. The van der Waals surface area contributed by atoms with E-state index in [4.69, 9.17) is 14.9 Å². The number of nitrogens with two attached hydrogens (primary N) is 1. The number of thioether (sulfide) groups is 1. The molecule has 0 amide bonds. The van der Waals surface area contributed by atoms with Crippen molar-refractivity contribution >= 4 is 11.8 Å². The van der Waals surface area contributed by atoms with E-state index < -0.39 is 0 Å². The van der Waals surface area contributed by atoms with Crippen molar-refractivity contribution in [2.75, 3.05) is 6.61 Å². The molecular formula is C12H19NO2S. The summed E-state index contributed by atoms with van der Waals surface area (Å²) in [7, 11) is 0. The number of hydrogen-bond acceptors (Lipinski definition) is 4. The number of furan rings is 1. The first kappa shape index (κ1) is 12.0. The zero-order valence-corrected chi connectivity index (χ0v) is 10.6. The van der Waals surface area contributed by atoms with Crippen LogP contribution in [-0.4, -0.2) is 24.0 Å². The summed E-state index contributed by atoms with van der Waals surface area (Å²) < 4.78 is 11.0. The maximum absolute atomic E-state index is 6.03. The van der Waals surface area contributed by atoms with Gasteiger partial charge in [0.1, 0.15) is 5.76 Å². The van der Waals surface area contributed by atoms with Crippen LogP contribution in [0.5, 0.6) is 0 Å². The summed E-state index contributed by atoms with van der Waals surface area (Å²) >= 11 is 1.88. The van der Waals surface area contributed by atoms with E-state index in [1.165, 1.54) is 0 Å². The molecular weight excluding hydrogens is 222 g/mol. The first-order valence-electron chi connectivity index (χ1n) is 5.74. The van der Waals surface area contributed by atoms with Crippen LogP contribution in [-0.2, 0) is 4.74 Å². The van der Waals surface area contributed by atoms with Crippen molar-refractivity contribution in [1.82, 2.24) is 0 Å². The lowest BCUT2D eigenvalue weighted by Crippen LogP contribution is -2.26. The van der Waals surface area contributed by atoms with Gasteiger partial charge in [0.05, 0.1) is 17.6 Å². The highest BCUT2D eigenvalue weighted by molar-refractivity contribution is 8.00. The molecule has 1 aliphatic heterocycles. The molecule has 0 aromatic carbocycles. The predicted molar refractivity (Wildman–Crippen MR) is 66.5 cm³/mol. The van der Waals surface area contributed by atoms with Crippen LogP contribution in [0, 0.1) is 0 Å². The highest BCUT2D eigenvalue weighted by atomic mass is 32.2. The Bertz CT molecular complexity index is 313. The Morgan fingerprint density at radius 3 is 2.88 bits per heavy atom. The molecule has 3 nitrogen and oxygen atoms in total. The lowest BCUT2D eigenvalue weighted by Gasteiger charge is -2.23. The topological polar surface area (TPSA) is 48.4 Å². The van der Waals surface area contributed by atoms with Crippen LogP contribution in [0.3, 0.4) is 0 Å². The van der Waals surface area contributed by atoms with E-state index in [9.17, 15) is 0 Å². The van der Waals surface area contributed by atoms with E-state index in [1.807, 2.05) is 30.8 Å². The van der Waals surface area contributed by atoms with Crippen molar-refractivity contribution in [2.24, 2.45) is 5.73 Å². The Morgan fingerprint density at radius 1 is 1.56 bits per heavy atom. The zero-order chi connectivity index (χ0) is 11.5. The molecule has 1 aromatic rings. The van der Waals surface area contributed by atoms with E-state index in [2.05, 4.69) is 6.92 Å². The Labute approximate surface area is 101 Å². The van der Waals surface area contributed by atoms with Crippen LogP contribution in [0.1, 0.15) is 31.3 Å². The van der Waals surface area contributed by atoms with Gasteiger partial charge in [0, 0.05) is 17.9 Å². The summed E-state index contributed by atoms with van der Waals surface area (Å²) in [5.41, 5.74) is 6.03. The third kappa shape index (κ3) is 2.62. The summed E-state index contributed by atoms with van der Waals surface area (Å²) in [6.07, 6.45) is 3.14. The molecule has 0 spiro atoms. The maximum Gasteiger partial charge on any atom is 0.118 e. The summed E-state index contributed by atoms with van der Waals surface area (Å²) in [5.74, 6) is 0.971. The Morgan fingerprint density at radius 2 is 2.38 bits per heavy atom. The molecule has 0 bridgehead atoms. The quantitative estimate of drug-likeness (QED) is 0.880. The van der Waals surface area contributed by atoms with Gasteiger partial charge in [-0.1, -0.05) is 0 Å². The second-order valence-corrected chi connectivity index (χ2v) is 5.72. The van der Waals surface area contributed by atoms with E-state index in [0.717, 1.165) is 18.8 Å². The molecule has 1 aliphatic rings. The van der Waals surface area contributed by atoms with Crippen LogP contribution in [0.15, 0.2) is 22.8 Å². The van der Waals surface area contributed by atoms with Gasteiger partial charge >= 0.3 is 0 Å². The molecule has 0 saturated carbocycles. The molecule has 4 heteroatoms. The lowest BCUT2D eigenvalue weighted by atomic mass is 10.2. The van der Waals surface area contributed by atoms with Crippen molar-refractivity contribution in [3.63, 3.8) is 0 Å². The van der Waals surface area contributed by atoms with Gasteiger partial charge < -0.3 is 14.9 Å². The van der Waals surface area contributed by atoms with Crippen LogP contribution in [0.4, 0.5) is 0 Å². The third-order valence-corrected chi connectivity index (χ3v) is 4.85. The van der Waals surface area contributed by atoms with Crippen molar-refractivity contribution in [3.05, 3.63) is 24.2 Å². The van der Waals surface area contributed by atoms with Crippen LogP contribution in [0.25, 0.3) is 0 Å². The van der Waals surface area contributed by atoms with Crippen LogP contribution < -0.4 is 5.73 Å². The van der Waals surface area contributed by atoms with Gasteiger partial charge in [-0.25, -0.2) is 0 Å². The van der Waals surface area contributed by atoms with Crippen LogP contribution >= 0.6 is 11.8 Å². The standard InChI is InChI=1S/C12H19NO2S/c1-8(13)12(10-4-3-6-15-10)16-11-5-7-14-9(11)2/h3-4,6,8-9,11-12H,5,7,13H2,1-2H3. The molecule has 1 fully saturated rings. The first-order valence-corrected chi connectivity index (χ1v) is 6.69. The molecule has 4 atom stereocenters. The Balaban J connectivity index is 2.03. The molecule has 2 N–H and O–H groups in total. The Kier molecular flexibility index (Phi) is 3.95. The third-order valence-electron chi connectivity index (χ3n) is 2.93. The summed E-state index contributed by atoms with van der Waals surface area (Å²) in [6.45, 7) is 5.02. The van der Waals surface area contributed by atoms with Crippen LogP contribution in [0.2, 0.25) is 0 Å². The van der Waals surface area contributed by atoms with Crippen molar-refractivity contribution in [3.8, 4) is 0 Å². The van der Waals surface area contributed by atoms with Gasteiger partial charge in [0.15, 0.2) is 0 Å². The minimum atomic E-state index is 0.0870. The fourth-order valence-corrected chi connectivity index (χ4v) is 3.41. The SMILES string of the molecule is CC(N)C(SC1CCOC1C)c1ccco1. The predicted octanol–water partition coefficient (Wildman–Crippen LogP) is 2.58. The number of rotatable bonds is 4. The van der Waals surface area contributed by atoms with E-state index in [1.54, 1.807) is 6.26 Å². The zero-order valence-electron chi connectivity index (χ0n) is 9.76.